The van der Waals surface area contributed by atoms with Crippen molar-refractivity contribution in [3.63, 3.8) is 0 Å². The van der Waals surface area contributed by atoms with E-state index in [-0.39, 0.29) is 28.7 Å². The van der Waals surface area contributed by atoms with Crippen LogP contribution in [-0.4, -0.2) is 30.7 Å². The number of fused-ring (bicyclic) bond motifs is 1. The van der Waals surface area contributed by atoms with Gasteiger partial charge in [-0.05, 0) is 18.1 Å². The Bertz CT molecular complexity index is 631. The molecule has 0 radical (unpaired) electrons. The van der Waals surface area contributed by atoms with Crippen molar-refractivity contribution in [1.82, 2.24) is 5.32 Å². The first kappa shape index (κ1) is 15.4. The van der Waals surface area contributed by atoms with Crippen molar-refractivity contribution in [1.29, 1.82) is 0 Å². The van der Waals surface area contributed by atoms with E-state index in [0.29, 0.717) is 6.54 Å². The first-order chi connectivity index (χ1) is 9.81. The molecule has 1 N–H and O–H groups in total. The molecule has 1 aliphatic heterocycles. The van der Waals surface area contributed by atoms with Crippen LogP contribution in [0.1, 0.15) is 24.2 Å². The van der Waals surface area contributed by atoms with Crippen molar-refractivity contribution in [2.45, 2.75) is 13.8 Å². The van der Waals surface area contributed by atoms with Gasteiger partial charge in [-0.2, -0.15) is 0 Å². The fourth-order valence-electron chi connectivity index (χ4n) is 1.96. The van der Waals surface area contributed by atoms with Crippen LogP contribution in [0.2, 0.25) is 5.02 Å². The summed E-state index contributed by atoms with van der Waals surface area (Å²) in [4.78, 5) is 36.4. The van der Waals surface area contributed by atoms with Crippen LogP contribution in [0, 0.1) is 11.7 Å². The Balaban J connectivity index is 2.23. The Morgan fingerprint density at radius 2 is 2.05 bits per heavy atom. The van der Waals surface area contributed by atoms with E-state index in [4.69, 9.17) is 11.6 Å². The summed E-state index contributed by atoms with van der Waals surface area (Å²) in [5.74, 6) is -2.54. The number of halogens is 2. The third-order valence-corrected chi connectivity index (χ3v) is 3.31. The molecule has 2 rings (SSSR count). The molecule has 2 amide bonds. The highest BCUT2D eigenvalue weighted by molar-refractivity contribution is 6.53. The maximum absolute atomic E-state index is 13.5. The van der Waals surface area contributed by atoms with Gasteiger partial charge in [0.2, 0.25) is 5.91 Å². The van der Waals surface area contributed by atoms with Crippen molar-refractivity contribution in [2.24, 2.45) is 5.92 Å². The maximum Gasteiger partial charge on any atom is 0.299 e. The van der Waals surface area contributed by atoms with Crippen LogP contribution in [0.4, 0.5) is 10.1 Å². The molecule has 1 aromatic rings. The number of hydrogen-bond donors (Lipinski definition) is 1. The SMILES string of the molecule is CC(C)CNC(=O)CN1C(=O)C(=O)c2cc(Cl)c(F)cc21. The van der Waals surface area contributed by atoms with Gasteiger partial charge >= 0.3 is 0 Å². The van der Waals surface area contributed by atoms with E-state index in [1.807, 2.05) is 13.8 Å². The summed E-state index contributed by atoms with van der Waals surface area (Å²) in [5, 5.41) is 2.40. The quantitative estimate of drug-likeness (QED) is 0.862. The Kier molecular flexibility index (Phi) is 4.27. The van der Waals surface area contributed by atoms with Gasteiger partial charge < -0.3 is 5.32 Å². The zero-order valence-corrected chi connectivity index (χ0v) is 12.3. The highest BCUT2D eigenvalue weighted by Gasteiger charge is 2.37. The second-order valence-electron chi connectivity index (χ2n) is 5.20. The molecule has 0 spiro atoms. The summed E-state index contributed by atoms with van der Waals surface area (Å²) in [6.45, 7) is 3.98. The lowest BCUT2D eigenvalue weighted by Crippen LogP contribution is -2.41. The second kappa shape index (κ2) is 5.81. The van der Waals surface area contributed by atoms with Gasteiger partial charge in [0.05, 0.1) is 16.3 Å². The Morgan fingerprint density at radius 1 is 1.38 bits per heavy atom. The number of carbonyl (C=O) groups is 3. The van der Waals surface area contributed by atoms with Gasteiger partial charge in [-0.1, -0.05) is 25.4 Å². The number of carbonyl (C=O) groups excluding carboxylic acids is 3. The molecular weight excluding hydrogens is 299 g/mol. The molecule has 0 aliphatic carbocycles. The van der Waals surface area contributed by atoms with Crippen LogP contribution in [0.3, 0.4) is 0 Å². The number of nitrogens with one attached hydrogen (secondary N) is 1. The lowest BCUT2D eigenvalue weighted by molar-refractivity contribution is -0.122. The molecule has 0 fully saturated rings. The standard InChI is InChI=1S/C14H14ClFN2O3/c1-7(2)5-17-12(19)6-18-11-4-10(16)9(15)3-8(11)13(20)14(18)21/h3-4,7H,5-6H2,1-2H3,(H,17,19). The minimum atomic E-state index is -0.855. The van der Waals surface area contributed by atoms with E-state index < -0.39 is 23.4 Å². The minimum absolute atomic E-state index is 0.0167. The predicted octanol–water partition coefficient (Wildman–Crippen LogP) is 1.78. The Hall–Kier alpha value is -1.95. The zero-order valence-electron chi connectivity index (χ0n) is 11.6. The summed E-state index contributed by atoms with van der Waals surface area (Å²) >= 11 is 5.61. The Morgan fingerprint density at radius 3 is 2.67 bits per heavy atom. The molecule has 21 heavy (non-hydrogen) atoms. The van der Waals surface area contributed by atoms with Crippen molar-refractivity contribution in [3.8, 4) is 0 Å². The summed E-state index contributed by atoms with van der Waals surface area (Å²) in [5.41, 5.74) is 0.0923. The average molecular weight is 313 g/mol. The van der Waals surface area contributed by atoms with Crippen LogP contribution in [0.25, 0.3) is 0 Å². The molecule has 5 nitrogen and oxygen atoms in total. The molecule has 1 heterocycles. The van der Waals surface area contributed by atoms with E-state index in [1.165, 1.54) is 0 Å². The molecule has 1 aromatic carbocycles. The van der Waals surface area contributed by atoms with E-state index in [1.54, 1.807) is 0 Å². The number of nitrogens with zero attached hydrogens (tertiary/aromatic N) is 1. The van der Waals surface area contributed by atoms with Crippen LogP contribution in [-0.2, 0) is 9.59 Å². The van der Waals surface area contributed by atoms with Crippen molar-refractivity contribution >= 4 is 34.9 Å². The van der Waals surface area contributed by atoms with E-state index in [9.17, 15) is 18.8 Å². The molecule has 112 valence electrons. The van der Waals surface area contributed by atoms with Gasteiger partial charge in [-0.15, -0.1) is 0 Å². The van der Waals surface area contributed by atoms with Gasteiger partial charge in [0, 0.05) is 6.54 Å². The van der Waals surface area contributed by atoms with E-state index >= 15 is 0 Å². The largest absolute Gasteiger partial charge is 0.354 e. The summed E-state index contributed by atoms with van der Waals surface area (Å²) in [6, 6.07) is 2.11. The number of rotatable bonds is 4. The first-order valence-electron chi connectivity index (χ1n) is 6.43. The fourth-order valence-corrected chi connectivity index (χ4v) is 2.13. The first-order valence-corrected chi connectivity index (χ1v) is 6.81. The average Bonchev–Trinajstić information content (AvgIpc) is 2.63. The lowest BCUT2D eigenvalue weighted by atomic mass is 10.1. The van der Waals surface area contributed by atoms with Gasteiger partial charge in [0.15, 0.2) is 0 Å². The third-order valence-electron chi connectivity index (χ3n) is 3.02. The van der Waals surface area contributed by atoms with Crippen LogP contribution >= 0.6 is 11.6 Å². The minimum Gasteiger partial charge on any atom is -0.354 e. The summed E-state index contributed by atoms with van der Waals surface area (Å²) in [7, 11) is 0. The highest BCUT2D eigenvalue weighted by atomic mass is 35.5. The van der Waals surface area contributed by atoms with Gasteiger partial charge in [-0.25, -0.2) is 4.39 Å². The molecule has 0 bridgehead atoms. The lowest BCUT2D eigenvalue weighted by Gasteiger charge is -2.16. The molecule has 0 atom stereocenters. The number of hydrogen-bond acceptors (Lipinski definition) is 3. The summed E-state index contributed by atoms with van der Waals surface area (Å²) in [6.07, 6.45) is 0. The molecule has 0 aromatic heterocycles. The molecular formula is C14H14ClFN2O3. The van der Waals surface area contributed by atoms with Gasteiger partial charge in [0.1, 0.15) is 12.4 Å². The van der Waals surface area contributed by atoms with E-state index in [0.717, 1.165) is 17.0 Å². The predicted molar refractivity (Wildman–Crippen MR) is 75.9 cm³/mol. The van der Waals surface area contributed by atoms with E-state index in [2.05, 4.69) is 5.32 Å². The Labute approximate surface area is 126 Å². The van der Waals surface area contributed by atoms with Gasteiger partial charge in [-0.3, -0.25) is 19.3 Å². The number of amides is 2. The summed E-state index contributed by atoms with van der Waals surface area (Å²) < 4.78 is 13.5. The zero-order chi connectivity index (χ0) is 15.7. The number of benzene rings is 1. The topological polar surface area (TPSA) is 66.5 Å². The third kappa shape index (κ3) is 3.05. The van der Waals surface area contributed by atoms with Crippen molar-refractivity contribution in [2.75, 3.05) is 18.0 Å². The van der Waals surface area contributed by atoms with Crippen LogP contribution in [0.15, 0.2) is 12.1 Å². The van der Waals surface area contributed by atoms with Crippen molar-refractivity contribution in [3.05, 3.63) is 28.5 Å². The highest BCUT2D eigenvalue weighted by Crippen LogP contribution is 2.32. The molecule has 0 saturated heterocycles. The van der Waals surface area contributed by atoms with Crippen LogP contribution < -0.4 is 10.2 Å². The monoisotopic (exact) mass is 312 g/mol. The molecule has 0 saturated carbocycles. The molecule has 7 heteroatoms. The number of anilines is 1. The normalized spacial score (nSPS) is 13.9. The fraction of sp³-hybridized carbons (Fsp3) is 0.357. The molecule has 1 aliphatic rings. The van der Waals surface area contributed by atoms with Crippen LogP contribution in [0.5, 0.6) is 0 Å². The number of Topliss-reactive ketones (excluding diaryl/α,β-unsaturated/α-hetero) is 1. The number of ketones is 1. The van der Waals surface area contributed by atoms with Crippen molar-refractivity contribution < 1.29 is 18.8 Å². The second-order valence-corrected chi connectivity index (χ2v) is 5.61. The smallest absolute Gasteiger partial charge is 0.299 e. The van der Waals surface area contributed by atoms with Gasteiger partial charge in [0.25, 0.3) is 11.7 Å². The maximum atomic E-state index is 13.5. The molecule has 0 unspecified atom stereocenters.